The van der Waals surface area contributed by atoms with E-state index in [1.165, 1.54) is 19.3 Å². The Hall–Kier alpha value is -3.09. The van der Waals surface area contributed by atoms with Gasteiger partial charge in [-0.1, -0.05) is 6.42 Å². The van der Waals surface area contributed by atoms with E-state index in [2.05, 4.69) is 20.4 Å². The number of aromatic nitrogens is 5. The van der Waals surface area contributed by atoms with Crippen molar-refractivity contribution in [2.75, 3.05) is 5.32 Å². The van der Waals surface area contributed by atoms with Crippen molar-refractivity contribution in [3.63, 3.8) is 0 Å². The molecule has 1 N–H and O–H groups in total. The lowest BCUT2D eigenvalue weighted by Gasteiger charge is -2.30. The molecule has 3 aromatic heterocycles. The summed E-state index contributed by atoms with van der Waals surface area (Å²) in [6, 6.07) is 9.69. The first-order valence-electron chi connectivity index (χ1n) is 10.9. The average Bonchev–Trinajstić information content (AvgIpc) is 2.75. The Balaban J connectivity index is 1.25. The van der Waals surface area contributed by atoms with E-state index >= 15 is 0 Å². The first-order valence-corrected chi connectivity index (χ1v) is 10.9. The average molecular weight is 403 g/mol. The lowest BCUT2D eigenvalue weighted by Crippen LogP contribution is -2.33. The molecule has 0 radical (unpaired) electrons. The first-order chi connectivity index (χ1) is 14.8. The molecule has 3 aromatic rings. The van der Waals surface area contributed by atoms with Gasteiger partial charge in [0, 0.05) is 42.2 Å². The Kier molecular flexibility index (Phi) is 5.26. The van der Waals surface area contributed by atoms with Gasteiger partial charge in [-0.2, -0.15) is 5.10 Å². The van der Waals surface area contributed by atoms with Crippen LogP contribution in [0.5, 0.6) is 0 Å². The highest BCUT2D eigenvalue weighted by Gasteiger charge is 2.25. The van der Waals surface area contributed by atoms with Gasteiger partial charge in [0.2, 0.25) is 0 Å². The number of nitrogens with zero attached hydrogens (tertiary/aromatic N) is 5. The SMILES string of the molecule is O=c1ccc(-c2ccncc2)nn1C1CCC(Nc2ccnc(C3CCC3)n2)CC1. The van der Waals surface area contributed by atoms with Gasteiger partial charge in [-0.3, -0.25) is 9.78 Å². The van der Waals surface area contributed by atoms with E-state index in [0.29, 0.717) is 12.0 Å². The van der Waals surface area contributed by atoms with Gasteiger partial charge in [-0.15, -0.1) is 0 Å². The molecule has 0 bridgehead atoms. The minimum absolute atomic E-state index is 0.0369. The first kappa shape index (κ1) is 18.9. The molecule has 0 saturated heterocycles. The summed E-state index contributed by atoms with van der Waals surface area (Å²) >= 11 is 0. The zero-order chi connectivity index (χ0) is 20.3. The third-order valence-electron chi connectivity index (χ3n) is 6.34. The summed E-state index contributed by atoms with van der Waals surface area (Å²) < 4.78 is 1.67. The van der Waals surface area contributed by atoms with Crippen LogP contribution in [0.1, 0.15) is 62.7 Å². The zero-order valence-electron chi connectivity index (χ0n) is 16.9. The Morgan fingerprint density at radius 2 is 1.70 bits per heavy atom. The molecule has 2 fully saturated rings. The molecule has 0 amide bonds. The maximum atomic E-state index is 12.5. The van der Waals surface area contributed by atoms with Gasteiger partial charge in [-0.25, -0.2) is 14.6 Å². The number of nitrogens with one attached hydrogen (secondary N) is 1. The second kappa shape index (κ2) is 8.34. The lowest BCUT2D eigenvalue weighted by atomic mass is 9.85. The van der Waals surface area contributed by atoms with Gasteiger partial charge in [0.15, 0.2) is 0 Å². The Labute approximate surface area is 175 Å². The Morgan fingerprint density at radius 1 is 0.900 bits per heavy atom. The lowest BCUT2D eigenvalue weighted by molar-refractivity contribution is 0.304. The van der Waals surface area contributed by atoms with Crippen molar-refractivity contribution in [1.29, 1.82) is 0 Å². The van der Waals surface area contributed by atoms with Gasteiger partial charge < -0.3 is 5.32 Å². The molecular weight excluding hydrogens is 376 g/mol. The highest BCUT2D eigenvalue weighted by Crippen LogP contribution is 2.35. The number of rotatable bonds is 5. The second-order valence-corrected chi connectivity index (χ2v) is 8.31. The summed E-state index contributed by atoms with van der Waals surface area (Å²) in [7, 11) is 0. The number of hydrogen-bond acceptors (Lipinski definition) is 6. The van der Waals surface area contributed by atoms with Crippen LogP contribution >= 0.6 is 0 Å². The van der Waals surface area contributed by atoms with E-state index in [9.17, 15) is 4.79 Å². The molecule has 7 nitrogen and oxygen atoms in total. The topological polar surface area (TPSA) is 85.6 Å². The fourth-order valence-electron chi connectivity index (χ4n) is 4.35. The molecule has 2 aliphatic carbocycles. The maximum Gasteiger partial charge on any atom is 0.267 e. The van der Waals surface area contributed by atoms with E-state index in [4.69, 9.17) is 4.98 Å². The van der Waals surface area contributed by atoms with Crippen molar-refractivity contribution in [3.05, 3.63) is 65.1 Å². The molecule has 0 unspecified atom stereocenters. The Morgan fingerprint density at radius 3 is 2.43 bits per heavy atom. The van der Waals surface area contributed by atoms with E-state index in [1.54, 1.807) is 29.2 Å². The minimum Gasteiger partial charge on any atom is -0.367 e. The quantitative estimate of drug-likeness (QED) is 0.695. The molecule has 0 spiro atoms. The third kappa shape index (κ3) is 3.97. The molecule has 7 heteroatoms. The van der Waals surface area contributed by atoms with Gasteiger partial charge in [0.05, 0.1) is 11.7 Å². The van der Waals surface area contributed by atoms with Crippen LogP contribution < -0.4 is 10.9 Å². The summed E-state index contributed by atoms with van der Waals surface area (Å²) in [5.74, 6) is 2.43. The summed E-state index contributed by atoms with van der Waals surface area (Å²) in [4.78, 5) is 25.7. The summed E-state index contributed by atoms with van der Waals surface area (Å²) in [6.45, 7) is 0. The van der Waals surface area contributed by atoms with E-state index in [0.717, 1.165) is 48.6 Å². The standard InChI is InChI=1S/C23H26N6O/c30-22-9-8-20(16-10-13-24-14-11-16)28-29(22)19-6-4-18(5-7-19)26-21-12-15-25-23(27-21)17-2-1-3-17/h8-15,17-19H,1-7H2,(H,25,26,27). The van der Waals surface area contributed by atoms with Crippen LogP contribution in [0.4, 0.5) is 5.82 Å². The molecule has 30 heavy (non-hydrogen) atoms. The molecule has 5 rings (SSSR count). The van der Waals surface area contributed by atoms with Gasteiger partial charge >= 0.3 is 0 Å². The Bertz CT molecular complexity index is 1050. The molecule has 0 aromatic carbocycles. The van der Waals surface area contributed by atoms with E-state index < -0.39 is 0 Å². The number of anilines is 1. The molecule has 0 aliphatic heterocycles. The molecule has 154 valence electrons. The zero-order valence-corrected chi connectivity index (χ0v) is 16.9. The normalized spacial score (nSPS) is 21.7. The molecule has 2 saturated carbocycles. The summed E-state index contributed by atoms with van der Waals surface area (Å²) in [5, 5.41) is 8.24. The molecule has 2 aliphatic rings. The fourth-order valence-corrected chi connectivity index (χ4v) is 4.35. The van der Waals surface area contributed by atoms with Crippen molar-refractivity contribution < 1.29 is 0 Å². The van der Waals surface area contributed by atoms with Crippen molar-refractivity contribution in [1.82, 2.24) is 24.7 Å². The number of hydrogen-bond donors (Lipinski definition) is 1. The van der Waals surface area contributed by atoms with E-state index in [1.807, 2.05) is 24.4 Å². The molecule has 0 atom stereocenters. The predicted molar refractivity (Wildman–Crippen MR) is 115 cm³/mol. The van der Waals surface area contributed by atoms with Gasteiger partial charge in [-0.05, 0) is 62.8 Å². The van der Waals surface area contributed by atoms with Crippen molar-refractivity contribution in [3.8, 4) is 11.3 Å². The van der Waals surface area contributed by atoms with Crippen LogP contribution in [0, 0.1) is 0 Å². The highest BCUT2D eigenvalue weighted by atomic mass is 16.1. The van der Waals surface area contributed by atoms with Crippen molar-refractivity contribution in [2.45, 2.75) is 62.9 Å². The van der Waals surface area contributed by atoms with Crippen LogP contribution in [0.15, 0.2) is 53.7 Å². The minimum atomic E-state index is -0.0369. The van der Waals surface area contributed by atoms with Crippen molar-refractivity contribution in [2.24, 2.45) is 0 Å². The fraction of sp³-hybridized carbons (Fsp3) is 0.435. The van der Waals surface area contributed by atoms with Crippen LogP contribution in [-0.2, 0) is 0 Å². The largest absolute Gasteiger partial charge is 0.367 e. The van der Waals surface area contributed by atoms with Crippen LogP contribution in [0.3, 0.4) is 0 Å². The maximum absolute atomic E-state index is 12.5. The summed E-state index contributed by atoms with van der Waals surface area (Å²) in [5.41, 5.74) is 1.74. The smallest absolute Gasteiger partial charge is 0.267 e. The summed E-state index contributed by atoms with van der Waals surface area (Å²) in [6.07, 6.45) is 12.9. The van der Waals surface area contributed by atoms with Crippen molar-refractivity contribution >= 4 is 5.82 Å². The second-order valence-electron chi connectivity index (χ2n) is 8.31. The molecular formula is C23H26N6O. The van der Waals surface area contributed by atoms with Gasteiger partial charge in [0.1, 0.15) is 11.6 Å². The van der Waals surface area contributed by atoms with Crippen LogP contribution in [-0.4, -0.2) is 30.8 Å². The molecule has 3 heterocycles. The van der Waals surface area contributed by atoms with E-state index in [-0.39, 0.29) is 11.6 Å². The number of pyridine rings is 1. The highest BCUT2D eigenvalue weighted by molar-refractivity contribution is 5.57. The predicted octanol–water partition coefficient (Wildman–Crippen LogP) is 3.96. The van der Waals surface area contributed by atoms with Gasteiger partial charge in [0.25, 0.3) is 5.56 Å². The third-order valence-corrected chi connectivity index (χ3v) is 6.34. The monoisotopic (exact) mass is 402 g/mol. The van der Waals surface area contributed by atoms with Crippen LogP contribution in [0.25, 0.3) is 11.3 Å². The van der Waals surface area contributed by atoms with Crippen LogP contribution in [0.2, 0.25) is 0 Å².